The number of rotatable bonds is 3. The van der Waals surface area contributed by atoms with Crippen LogP contribution < -0.4 is 11.4 Å². The summed E-state index contributed by atoms with van der Waals surface area (Å²) in [5, 5.41) is 18.4. The lowest BCUT2D eigenvalue weighted by atomic mass is 9.95. The third kappa shape index (κ3) is 2.17. The molecule has 1 aliphatic heterocycles. The molecule has 0 spiro atoms. The van der Waals surface area contributed by atoms with E-state index in [0.29, 0.717) is 6.61 Å². The highest BCUT2D eigenvalue weighted by Crippen LogP contribution is 2.33. The van der Waals surface area contributed by atoms with Crippen LogP contribution in [0, 0.1) is 11.8 Å². The molecule has 0 saturated carbocycles. The van der Waals surface area contributed by atoms with Crippen molar-refractivity contribution >= 4 is 5.82 Å². The Labute approximate surface area is 97.5 Å². The average molecular weight is 241 g/mol. The number of aliphatic hydroxyl groups is 2. The van der Waals surface area contributed by atoms with Crippen molar-refractivity contribution in [2.45, 2.75) is 6.23 Å². The van der Waals surface area contributed by atoms with Crippen molar-refractivity contribution in [1.29, 1.82) is 0 Å². The molecule has 94 valence electrons. The Morgan fingerprint density at radius 3 is 2.88 bits per heavy atom. The highest BCUT2D eigenvalue weighted by atomic mass is 16.5. The molecule has 7 heteroatoms. The minimum atomic E-state index is -0.599. The summed E-state index contributed by atoms with van der Waals surface area (Å²) in [4.78, 5) is 15.2. The summed E-state index contributed by atoms with van der Waals surface area (Å²) in [6.07, 6.45) is 0.885. The minimum Gasteiger partial charge on any atom is -0.396 e. The fourth-order valence-electron chi connectivity index (χ4n) is 2.04. The van der Waals surface area contributed by atoms with Gasteiger partial charge in [-0.15, -0.1) is 0 Å². The summed E-state index contributed by atoms with van der Waals surface area (Å²) < 4.78 is 6.71. The average Bonchev–Trinajstić information content (AvgIpc) is 2.71. The Hall–Kier alpha value is -1.44. The van der Waals surface area contributed by atoms with E-state index in [4.69, 9.17) is 15.6 Å². The van der Waals surface area contributed by atoms with Crippen molar-refractivity contribution in [1.82, 2.24) is 9.55 Å². The maximum Gasteiger partial charge on any atom is 0.351 e. The molecule has 1 fully saturated rings. The van der Waals surface area contributed by atoms with Gasteiger partial charge in [0.25, 0.3) is 0 Å². The molecule has 0 unspecified atom stereocenters. The second-order valence-electron chi connectivity index (χ2n) is 4.06. The smallest absolute Gasteiger partial charge is 0.351 e. The van der Waals surface area contributed by atoms with Crippen LogP contribution in [-0.4, -0.2) is 39.6 Å². The van der Waals surface area contributed by atoms with E-state index in [0.717, 1.165) is 0 Å². The number of aliphatic hydroxyl groups excluding tert-OH is 2. The van der Waals surface area contributed by atoms with Crippen LogP contribution in [0.25, 0.3) is 0 Å². The zero-order chi connectivity index (χ0) is 12.4. The van der Waals surface area contributed by atoms with Gasteiger partial charge in [0.1, 0.15) is 12.0 Å². The number of nitrogen functional groups attached to an aromatic ring is 1. The second-order valence-corrected chi connectivity index (χ2v) is 4.06. The summed E-state index contributed by atoms with van der Waals surface area (Å²) in [5.41, 5.74) is 4.87. The fraction of sp³-hybridized carbons (Fsp3) is 0.600. The Bertz CT molecular complexity index is 447. The van der Waals surface area contributed by atoms with Crippen LogP contribution in [-0.2, 0) is 4.74 Å². The molecule has 0 amide bonds. The van der Waals surface area contributed by atoms with Gasteiger partial charge in [0.15, 0.2) is 0 Å². The third-order valence-corrected chi connectivity index (χ3v) is 3.02. The number of nitrogens with two attached hydrogens (primary N) is 1. The molecule has 7 nitrogen and oxygen atoms in total. The van der Waals surface area contributed by atoms with Crippen LogP contribution in [0.3, 0.4) is 0 Å². The van der Waals surface area contributed by atoms with Gasteiger partial charge in [-0.05, 0) is 6.07 Å². The zero-order valence-corrected chi connectivity index (χ0v) is 9.19. The van der Waals surface area contributed by atoms with Crippen molar-refractivity contribution in [3.05, 3.63) is 22.7 Å². The standard InChI is InChI=1S/C10H15N3O4/c11-8-1-2-13(10(16)12-8)9-7(4-15)6(3-14)5-17-9/h1-2,6-7,9,14-15H,3-5H2,(H2,11,12,16)/t6-,7+,9+/m0/s1. The summed E-state index contributed by atoms with van der Waals surface area (Å²) in [7, 11) is 0. The molecule has 17 heavy (non-hydrogen) atoms. The number of hydrogen-bond donors (Lipinski definition) is 3. The molecule has 0 aromatic carbocycles. The number of aromatic nitrogens is 2. The Morgan fingerprint density at radius 2 is 2.29 bits per heavy atom. The van der Waals surface area contributed by atoms with Crippen LogP contribution >= 0.6 is 0 Å². The first-order valence-electron chi connectivity index (χ1n) is 5.35. The maximum absolute atomic E-state index is 11.6. The van der Waals surface area contributed by atoms with Gasteiger partial charge in [0, 0.05) is 24.6 Å². The molecule has 0 bridgehead atoms. The van der Waals surface area contributed by atoms with E-state index < -0.39 is 11.9 Å². The van der Waals surface area contributed by atoms with Gasteiger partial charge in [0.2, 0.25) is 0 Å². The topological polar surface area (TPSA) is 111 Å². The normalized spacial score (nSPS) is 28.5. The van der Waals surface area contributed by atoms with Gasteiger partial charge < -0.3 is 20.7 Å². The van der Waals surface area contributed by atoms with E-state index in [1.54, 1.807) is 0 Å². The quantitative estimate of drug-likeness (QED) is 0.598. The molecule has 1 aliphatic rings. The molecular formula is C10H15N3O4. The van der Waals surface area contributed by atoms with Gasteiger partial charge in [-0.25, -0.2) is 4.79 Å². The fourth-order valence-corrected chi connectivity index (χ4v) is 2.04. The van der Waals surface area contributed by atoms with E-state index in [2.05, 4.69) is 4.98 Å². The molecule has 2 rings (SSSR count). The monoisotopic (exact) mass is 241 g/mol. The first-order valence-corrected chi connectivity index (χ1v) is 5.35. The maximum atomic E-state index is 11.6. The van der Waals surface area contributed by atoms with Gasteiger partial charge in [-0.1, -0.05) is 0 Å². The van der Waals surface area contributed by atoms with E-state index in [9.17, 15) is 9.90 Å². The van der Waals surface area contributed by atoms with Crippen LogP contribution in [0.15, 0.2) is 17.1 Å². The van der Waals surface area contributed by atoms with Gasteiger partial charge in [-0.3, -0.25) is 4.57 Å². The number of ether oxygens (including phenoxy) is 1. The van der Waals surface area contributed by atoms with Crippen molar-refractivity contribution in [2.24, 2.45) is 11.8 Å². The van der Waals surface area contributed by atoms with Gasteiger partial charge in [-0.2, -0.15) is 4.98 Å². The molecule has 0 aliphatic carbocycles. The molecular weight excluding hydrogens is 226 g/mol. The predicted molar refractivity (Wildman–Crippen MR) is 59.1 cm³/mol. The van der Waals surface area contributed by atoms with Crippen LogP contribution in [0.2, 0.25) is 0 Å². The van der Waals surface area contributed by atoms with E-state index in [1.165, 1.54) is 16.8 Å². The summed E-state index contributed by atoms with van der Waals surface area (Å²) in [6.45, 7) is 0.0643. The highest BCUT2D eigenvalue weighted by Gasteiger charge is 2.38. The number of hydrogen-bond acceptors (Lipinski definition) is 6. The third-order valence-electron chi connectivity index (χ3n) is 3.02. The molecule has 1 aromatic rings. The van der Waals surface area contributed by atoms with Crippen LogP contribution in [0.1, 0.15) is 6.23 Å². The summed E-state index contributed by atoms with van der Waals surface area (Å²) in [6, 6.07) is 1.49. The first kappa shape index (κ1) is 12.0. The molecule has 4 N–H and O–H groups in total. The SMILES string of the molecule is Nc1ccn([C@@H]2OC[C@H](CO)[C@H]2CO)c(=O)n1. The first-order chi connectivity index (χ1) is 8.17. The van der Waals surface area contributed by atoms with E-state index >= 15 is 0 Å². The Kier molecular flexibility index (Phi) is 3.41. The molecule has 2 heterocycles. The van der Waals surface area contributed by atoms with Gasteiger partial charge in [0.05, 0.1) is 13.2 Å². The molecule has 3 atom stereocenters. The van der Waals surface area contributed by atoms with Gasteiger partial charge >= 0.3 is 5.69 Å². The second kappa shape index (κ2) is 4.82. The number of anilines is 1. The van der Waals surface area contributed by atoms with Crippen LogP contribution in [0.4, 0.5) is 5.82 Å². The van der Waals surface area contributed by atoms with Crippen molar-refractivity contribution in [3.8, 4) is 0 Å². The van der Waals surface area contributed by atoms with Crippen molar-refractivity contribution in [3.63, 3.8) is 0 Å². The zero-order valence-electron chi connectivity index (χ0n) is 9.19. The van der Waals surface area contributed by atoms with E-state index in [1.807, 2.05) is 0 Å². The predicted octanol–water partition coefficient (Wildman–Crippen LogP) is -1.43. The largest absolute Gasteiger partial charge is 0.396 e. The highest BCUT2D eigenvalue weighted by molar-refractivity contribution is 5.23. The van der Waals surface area contributed by atoms with E-state index in [-0.39, 0.29) is 30.9 Å². The van der Waals surface area contributed by atoms with Crippen molar-refractivity contribution in [2.75, 3.05) is 25.6 Å². The summed E-state index contributed by atoms with van der Waals surface area (Å²) in [5.74, 6) is -0.346. The molecule has 0 radical (unpaired) electrons. The number of nitrogens with zero attached hydrogens (tertiary/aromatic N) is 2. The summed E-state index contributed by atoms with van der Waals surface area (Å²) >= 11 is 0. The molecule has 1 aromatic heterocycles. The Morgan fingerprint density at radius 1 is 1.53 bits per heavy atom. The lowest BCUT2D eigenvalue weighted by Gasteiger charge is -2.20. The van der Waals surface area contributed by atoms with Crippen LogP contribution in [0.5, 0.6) is 0 Å². The molecule has 1 saturated heterocycles. The van der Waals surface area contributed by atoms with Crippen molar-refractivity contribution < 1.29 is 14.9 Å². The lowest BCUT2D eigenvalue weighted by Crippen LogP contribution is -2.32. The Balaban J connectivity index is 2.31. The lowest BCUT2D eigenvalue weighted by molar-refractivity contribution is 0.0138. The minimum absolute atomic E-state index is 0.0844.